The van der Waals surface area contributed by atoms with Crippen molar-refractivity contribution in [1.29, 1.82) is 0 Å². The van der Waals surface area contributed by atoms with Gasteiger partial charge in [0.25, 0.3) is 5.91 Å². The molecule has 0 radical (unpaired) electrons. The van der Waals surface area contributed by atoms with Crippen molar-refractivity contribution in [3.8, 4) is 11.3 Å². The number of rotatable bonds is 10. The zero-order chi connectivity index (χ0) is 23.3. The van der Waals surface area contributed by atoms with E-state index < -0.39 is 21.7 Å². The number of unbranched alkanes of at least 4 members (excludes halogenated alkanes) is 2. The second-order valence-corrected chi connectivity index (χ2v) is 9.14. The highest BCUT2D eigenvalue weighted by atomic mass is 32.2. The maximum Gasteiger partial charge on any atom is 0.255 e. The quantitative estimate of drug-likeness (QED) is 0.442. The normalized spacial score (nSPS) is 11.6. The highest BCUT2D eigenvalue weighted by molar-refractivity contribution is 7.88. The number of aromatic nitrogens is 1. The van der Waals surface area contributed by atoms with Crippen LogP contribution in [-0.2, 0) is 15.8 Å². The summed E-state index contributed by atoms with van der Waals surface area (Å²) in [7, 11) is -2.13. The number of nitrogens with zero attached hydrogens (tertiary/aromatic N) is 1. The molecule has 0 saturated heterocycles. The molecular formula is C23H26FN3O4S. The fraction of sp³-hybridized carbons (Fsp3) is 0.304. The summed E-state index contributed by atoms with van der Waals surface area (Å²) in [5, 5.41) is 2.98. The molecule has 2 N–H and O–H groups in total. The van der Waals surface area contributed by atoms with Crippen LogP contribution < -0.4 is 10.0 Å². The van der Waals surface area contributed by atoms with E-state index in [1.54, 1.807) is 6.07 Å². The van der Waals surface area contributed by atoms with Gasteiger partial charge in [0.1, 0.15) is 17.3 Å². The first-order valence-corrected chi connectivity index (χ1v) is 12.0. The summed E-state index contributed by atoms with van der Waals surface area (Å²) in [6.45, 7) is 6.16. The highest BCUT2D eigenvalue weighted by Gasteiger charge is 2.25. The summed E-state index contributed by atoms with van der Waals surface area (Å²) in [4.78, 5) is 17.0. The lowest BCUT2D eigenvalue weighted by Gasteiger charge is -2.08. The average molecular weight is 460 g/mol. The second kappa shape index (κ2) is 10.1. The van der Waals surface area contributed by atoms with Crippen molar-refractivity contribution in [2.75, 3.05) is 13.6 Å². The van der Waals surface area contributed by atoms with Gasteiger partial charge in [0, 0.05) is 19.2 Å². The highest BCUT2D eigenvalue weighted by Crippen LogP contribution is 2.34. The number of carbonyl (C=O) groups is 1. The standard InChI is InChI=1S/C23H26FN3O4S/c1-4-6-7-12-26-32(29,30)14-19-15(5-2)13-18-20(22(28)25-3)21(31-23(18)27-19)16-8-10-17(24)11-9-16/h5,8-11,13,26H,2,4,6-7,12,14H2,1,3H3,(H,25,28). The summed E-state index contributed by atoms with van der Waals surface area (Å²) in [6, 6.07) is 7.17. The molecule has 0 spiro atoms. The predicted octanol–water partition coefficient (Wildman–Crippen LogP) is 4.25. The molecule has 1 amide bonds. The smallest absolute Gasteiger partial charge is 0.255 e. The van der Waals surface area contributed by atoms with Gasteiger partial charge in [-0.25, -0.2) is 22.5 Å². The Kier molecular flexibility index (Phi) is 7.42. The minimum atomic E-state index is -3.62. The summed E-state index contributed by atoms with van der Waals surface area (Å²) in [6.07, 6.45) is 4.17. The Labute approximate surface area is 186 Å². The first kappa shape index (κ1) is 23.6. The topological polar surface area (TPSA) is 101 Å². The van der Waals surface area contributed by atoms with E-state index >= 15 is 0 Å². The van der Waals surface area contributed by atoms with E-state index in [-0.39, 0.29) is 28.5 Å². The number of hydrogen-bond donors (Lipinski definition) is 2. The largest absolute Gasteiger partial charge is 0.437 e. The molecule has 0 fully saturated rings. The van der Waals surface area contributed by atoms with Crippen molar-refractivity contribution in [3.05, 3.63) is 59.5 Å². The molecule has 0 aliphatic heterocycles. The molecule has 2 heterocycles. The lowest BCUT2D eigenvalue weighted by Crippen LogP contribution is -2.26. The van der Waals surface area contributed by atoms with Gasteiger partial charge in [0.05, 0.1) is 16.6 Å². The third-order valence-electron chi connectivity index (χ3n) is 5.00. The minimum absolute atomic E-state index is 0.115. The monoisotopic (exact) mass is 459 g/mol. The van der Waals surface area contributed by atoms with Gasteiger partial charge in [0.15, 0.2) is 0 Å². The zero-order valence-corrected chi connectivity index (χ0v) is 18.9. The third-order valence-corrected chi connectivity index (χ3v) is 6.30. The van der Waals surface area contributed by atoms with E-state index in [1.807, 2.05) is 6.92 Å². The van der Waals surface area contributed by atoms with Crippen molar-refractivity contribution in [3.63, 3.8) is 0 Å². The number of benzene rings is 1. The van der Waals surface area contributed by atoms with Crippen LogP contribution in [0.3, 0.4) is 0 Å². The molecule has 9 heteroatoms. The molecule has 0 bridgehead atoms. The van der Waals surface area contributed by atoms with Crippen molar-refractivity contribution in [1.82, 2.24) is 15.0 Å². The first-order valence-electron chi connectivity index (χ1n) is 10.3. The molecule has 3 rings (SSSR count). The fourth-order valence-electron chi connectivity index (χ4n) is 3.36. The van der Waals surface area contributed by atoms with Gasteiger partial charge in [-0.2, -0.15) is 0 Å². The van der Waals surface area contributed by atoms with Gasteiger partial charge in [-0.15, -0.1) is 0 Å². The Morgan fingerprint density at radius 1 is 1.25 bits per heavy atom. The lowest BCUT2D eigenvalue weighted by molar-refractivity contribution is 0.0964. The van der Waals surface area contributed by atoms with E-state index in [2.05, 4.69) is 21.6 Å². The SMILES string of the molecule is C=Cc1cc2c(C(=O)NC)c(-c3ccc(F)cc3)oc2nc1CS(=O)(=O)NCCCCC. The van der Waals surface area contributed by atoms with Crippen LogP contribution in [0.15, 0.2) is 41.3 Å². The van der Waals surface area contributed by atoms with E-state index in [9.17, 15) is 17.6 Å². The Morgan fingerprint density at radius 3 is 2.59 bits per heavy atom. The number of nitrogens with one attached hydrogen (secondary N) is 2. The van der Waals surface area contributed by atoms with E-state index in [1.165, 1.54) is 37.4 Å². The molecule has 3 aromatic rings. The van der Waals surface area contributed by atoms with Gasteiger partial charge in [-0.3, -0.25) is 4.79 Å². The van der Waals surface area contributed by atoms with Gasteiger partial charge in [0.2, 0.25) is 15.7 Å². The maximum atomic E-state index is 13.4. The molecule has 0 saturated carbocycles. The summed E-state index contributed by atoms with van der Waals surface area (Å²) in [5.74, 6) is -0.951. The van der Waals surface area contributed by atoms with Gasteiger partial charge >= 0.3 is 0 Å². The molecule has 32 heavy (non-hydrogen) atoms. The molecule has 1 aromatic carbocycles. The maximum absolute atomic E-state index is 13.4. The van der Waals surface area contributed by atoms with E-state index in [0.29, 0.717) is 23.1 Å². The van der Waals surface area contributed by atoms with Crippen LogP contribution in [0.1, 0.15) is 47.8 Å². The number of amides is 1. The number of pyridine rings is 1. The van der Waals surface area contributed by atoms with Crippen molar-refractivity contribution < 1.29 is 22.0 Å². The van der Waals surface area contributed by atoms with Crippen molar-refractivity contribution in [2.24, 2.45) is 0 Å². The molecule has 0 aliphatic rings. The van der Waals surface area contributed by atoms with Crippen LogP contribution >= 0.6 is 0 Å². The third kappa shape index (κ3) is 5.23. The van der Waals surface area contributed by atoms with Gasteiger partial charge < -0.3 is 9.73 Å². The molecule has 0 atom stereocenters. The summed E-state index contributed by atoms with van der Waals surface area (Å²) >= 11 is 0. The lowest BCUT2D eigenvalue weighted by atomic mass is 10.0. The first-order chi connectivity index (χ1) is 15.3. The van der Waals surface area contributed by atoms with E-state index in [0.717, 1.165) is 19.3 Å². The van der Waals surface area contributed by atoms with Crippen molar-refractivity contribution >= 4 is 33.1 Å². The molecule has 2 aromatic heterocycles. The Morgan fingerprint density at radius 2 is 1.97 bits per heavy atom. The van der Waals surface area contributed by atoms with Crippen LogP contribution in [0.2, 0.25) is 0 Å². The van der Waals surface area contributed by atoms with Crippen LogP contribution in [-0.4, -0.2) is 32.9 Å². The summed E-state index contributed by atoms with van der Waals surface area (Å²) in [5.41, 5.74) is 1.59. The van der Waals surface area contributed by atoms with Gasteiger partial charge in [-0.1, -0.05) is 32.4 Å². The van der Waals surface area contributed by atoms with Crippen LogP contribution in [0.5, 0.6) is 0 Å². The van der Waals surface area contributed by atoms with Gasteiger partial charge in [-0.05, 0) is 42.3 Å². The molecule has 170 valence electrons. The Balaban J connectivity index is 2.07. The molecule has 7 nitrogen and oxygen atoms in total. The number of fused-ring (bicyclic) bond motifs is 1. The van der Waals surface area contributed by atoms with Crippen LogP contribution in [0.4, 0.5) is 4.39 Å². The second-order valence-electron chi connectivity index (χ2n) is 7.33. The van der Waals surface area contributed by atoms with E-state index in [4.69, 9.17) is 4.42 Å². The predicted molar refractivity (Wildman–Crippen MR) is 123 cm³/mol. The van der Waals surface area contributed by atoms with Crippen LogP contribution in [0, 0.1) is 5.82 Å². The molecule has 0 unspecified atom stereocenters. The number of furan rings is 1. The summed E-state index contributed by atoms with van der Waals surface area (Å²) < 4.78 is 46.9. The number of carbonyl (C=O) groups excluding carboxylic acids is 1. The fourth-order valence-corrected chi connectivity index (χ4v) is 4.50. The number of sulfonamides is 1. The Bertz CT molecular complexity index is 1230. The zero-order valence-electron chi connectivity index (χ0n) is 18.1. The Hall–Kier alpha value is -3.04. The van der Waals surface area contributed by atoms with Crippen molar-refractivity contribution in [2.45, 2.75) is 31.9 Å². The van der Waals surface area contributed by atoms with Crippen LogP contribution in [0.25, 0.3) is 28.5 Å². The molecular weight excluding hydrogens is 433 g/mol. The number of halogens is 1. The minimum Gasteiger partial charge on any atom is -0.437 e. The molecule has 0 aliphatic carbocycles. The number of hydrogen-bond acceptors (Lipinski definition) is 5. The average Bonchev–Trinajstić information content (AvgIpc) is 3.14.